The van der Waals surface area contributed by atoms with Crippen LogP contribution >= 0.6 is 0 Å². The van der Waals surface area contributed by atoms with Crippen molar-refractivity contribution in [2.24, 2.45) is 0 Å². The Hall–Kier alpha value is -3.95. The normalized spacial score (nSPS) is 10.4. The number of hydrogen-bond acceptors (Lipinski definition) is 7. The highest BCUT2D eigenvalue weighted by molar-refractivity contribution is 6.10. The molecular formula is C17H15NO9. The average molecular weight is 377 g/mol. The van der Waals surface area contributed by atoms with Gasteiger partial charge in [0.05, 0.1) is 12.0 Å². The van der Waals surface area contributed by atoms with E-state index in [0.717, 1.165) is 24.3 Å². The highest BCUT2D eigenvalue weighted by atomic mass is 16.4. The average Bonchev–Trinajstić information content (AvgIpc) is 2.57. The molecule has 0 fully saturated rings. The highest BCUT2D eigenvalue weighted by Gasteiger charge is 2.25. The number of carboxylic acid groups (broad SMARTS) is 2. The van der Waals surface area contributed by atoms with E-state index in [1.54, 1.807) is 0 Å². The Kier molecular flexibility index (Phi) is 5.40. The molecule has 10 nitrogen and oxygen atoms in total. The summed E-state index contributed by atoms with van der Waals surface area (Å²) in [4.78, 5) is 35.3. The first-order valence-corrected chi connectivity index (χ1v) is 7.42. The van der Waals surface area contributed by atoms with Gasteiger partial charge in [-0.2, -0.15) is 0 Å². The van der Waals surface area contributed by atoms with Crippen LogP contribution in [0.4, 0.5) is 5.69 Å². The molecule has 0 aromatic heterocycles. The number of nitrogens with zero attached hydrogens (tertiary/aromatic N) is 1. The molecule has 1 amide bonds. The van der Waals surface area contributed by atoms with Crippen LogP contribution in [0.15, 0.2) is 30.3 Å². The Morgan fingerprint density at radius 3 is 2.00 bits per heavy atom. The molecule has 2 aromatic rings. The van der Waals surface area contributed by atoms with Crippen LogP contribution in [0.1, 0.15) is 15.9 Å². The number of carbonyl (C=O) groups excluding carboxylic acids is 1. The number of aliphatic carboxylic acids is 2. The monoisotopic (exact) mass is 377 g/mol. The maximum atomic E-state index is 12.7. The van der Waals surface area contributed by atoms with E-state index < -0.39 is 59.4 Å². The number of hydrogen-bond donors (Lipinski definition) is 6. The van der Waals surface area contributed by atoms with Gasteiger partial charge in [-0.3, -0.25) is 19.3 Å². The molecule has 142 valence electrons. The second-order valence-corrected chi connectivity index (χ2v) is 5.53. The van der Waals surface area contributed by atoms with Gasteiger partial charge in [0.2, 0.25) is 0 Å². The molecule has 0 saturated heterocycles. The number of anilines is 1. The third-order valence-corrected chi connectivity index (χ3v) is 3.58. The second-order valence-electron chi connectivity index (χ2n) is 5.53. The summed E-state index contributed by atoms with van der Waals surface area (Å²) in [5, 5.41) is 56.7. The molecule has 0 heterocycles. The smallest absolute Gasteiger partial charge is 0.323 e. The van der Waals surface area contributed by atoms with Gasteiger partial charge in [0.15, 0.2) is 11.5 Å². The van der Waals surface area contributed by atoms with Crippen molar-refractivity contribution in [1.29, 1.82) is 0 Å². The molecule has 0 aliphatic rings. The van der Waals surface area contributed by atoms with Crippen LogP contribution < -0.4 is 4.90 Å². The van der Waals surface area contributed by atoms with Gasteiger partial charge in [0, 0.05) is 17.3 Å². The number of phenols is 4. The highest BCUT2D eigenvalue weighted by Crippen LogP contribution is 2.33. The maximum absolute atomic E-state index is 12.7. The van der Waals surface area contributed by atoms with Crippen LogP contribution in [0.2, 0.25) is 0 Å². The topological polar surface area (TPSA) is 176 Å². The fourth-order valence-corrected chi connectivity index (χ4v) is 2.34. The van der Waals surface area contributed by atoms with Crippen LogP contribution in [-0.4, -0.2) is 55.0 Å². The van der Waals surface area contributed by atoms with E-state index in [1.165, 1.54) is 6.07 Å². The fraction of sp³-hybridized carbons (Fsp3) is 0.118. The fourth-order valence-electron chi connectivity index (χ4n) is 2.34. The number of rotatable bonds is 6. The first kappa shape index (κ1) is 19.4. The van der Waals surface area contributed by atoms with Crippen molar-refractivity contribution in [1.82, 2.24) is 0 Å². The molecule has 0 aliphatic carbocycles. The predicted molar refractivity (Wildman–Crippen MR) is 90.2 cm³/mol. The summed E-state index contributed by atoms with van der Waals surface area (Å²) >= 11 is 0. The van der Waals surface area contributed by atoms with Crippen LogP contribution in [-0.2, 0) is 16.0 Å². The Balaban J connectivity index is 2.49. The molecular weight excluding hydrogens is 362 g/mol. The van der Waals surface area contributed by atoms with Gasteiger partial charge in [-0.15, -0.1) is 0 Å². The third kappa shape index (κ3) is 4.37. The van der Waals surface area contributed by atoms with Crippen LogP contribution in [0.25, 0.3) is 0 Å². The summed E-state index contributed by atoms with van der Waals surface area (Å²) in [6.07, 6.45) is -0.599. The summed E-state index contributed by atoms with van der Waals surface area (Å²) < 4.78 is 0. The Morgan fingerprint density at radius 2 is 1.44 bits per heavy atom. The lowest BCUT2D eigenvalue weighted by molar-refractivity contribution is -0.136. The van der Waals surface area contributed by atoms with E-state index in [0.29, 0.717) is 4.90 Å². The first-order chi connectivity index (χ1) is 12.6. The van der Waals surface area contributed by atoms with Crippen molar-refractivity contribution >= 4 is 23.5 Å². The minimum absolute atomic E-state index is 0.0915. The molecule has 0 radical (unpaired) electrons. The number of carbonyl (C=O) groups is 3. The van der Waals surface area contributed by atoms with E-state index in [9.17, 15) is 34.8 Å². The Morgan fingerprint density at radius 1 is 0.778 bits per heavy atom. The molecule has 0 bridgehead atoms. The van der Waals surface area contributed by atoms with Crippen molar-refractivity contribution in [3.63, 3.8) is 0 Å². The van der Waals surface area contributed by atoms with Crippen molar-refractivity contribution in [3.05, 3.63) is 41.5 Å². The standard InChI is InChI=1S/C17H15NO9/c19-11-2-1-9(5-14(11)22)18(7-16(25)26)17(27)10-6-12(20)8(3-13(10)21)4-15(23)24/h1-3,5-6,19-22H,4,7H2,(H,23,24)(H,25,26). The summed E-state index contributed by atoms with van der Waals surface area (Å²) in [5.41, 5.74) is -0.703. The zero-order chi connectivity index (χ0) is 20.3. The number of amides is 1. The Labute approximate surface area is 151 Å². The van der Waals surface area contributed by atoms with Gasteiger partial charge in [0.1, 0.15) is 18.0 Å². The molecule has 6 N–H and O–H groups in total. The molecule has 0 spiro atoms. The minimum atomic E-state index is -1.40. The molecule has 0 atom stereocenters. The lowest BCUT2D eigenvalue weighted by Crippen LogP contribution is -2.35. The quantitative estimate of drug-likeness (QED) is 0.315. The van der Waals surface area contributed by atoms with Gasteiger partial charge >= 0.3 is 11.9 Å². The lowest BCUT2D eigenvalue weighted by atomic mass is 10.0. The van der Waals surface area contributed by atoms with Gasteiger partial charge < -0.3 is 30.6 Å². The zero-order valence-electron chi connectivity index (χ0n) is 13.7. The molecule has 0 saturated carbocycles. The van der Waals surface area contributed by atoms with Crippen molar-refractivity contribution in [2.45, 2.75) is 6.42 Å². The SMILES string of the molecule is O=C(O)Cc1cc(O)c(C(=O)N(CC(=O)O)c2ccc(O)c(O)c2)cc1O. The van der Waals surface area contributed by atoms with Gasteiger partial charge in [-0.1, -0.05) is 0 Å². The summed E-state index contributed by atoms with van der Waals surface area (Å²) in [5.74, 6) is -6.01. The summed E-state index contributed by atoms with van der Waals surface area (Å²) in [7, 11) is 0. The second kappa shape index (κ2) is 7.52. The van der Waals surface area contributed by atoms with Gasteiger partial charge in [0.25, 0.3) is 5.91 Å². The van der Waals surface area contributed by atoms with E-state index in [1.807, 2.05) is 0 Å². The van der Waals surface area contributed by atoms with Crippen molar-refractivity contribution in [3.8, 4) is 23.0 Å². The van der Waals surface area contributed by atoms with E-state index >= 15 is 0 Å². The summed E-state index contributed by atoms with van der Waals surface area (Å²) in [6, 6.07) is 4.88. The number of phenolic OH excluding ortho intramolecular Hbond substituents is 4. The van der Waals surface area contributed by atoms with Gasteiger partial charge in [-0.25, -0.2) is 0 Å². The summed E-state index contributed by atoms with van der Waals surface area (Å²) in [6.45, 7) is -0.847. The van der Waals surface area contributed by atoms with Crippen LogP contribution in [0.5, 0.6) is 23.0 Å². The molecule has 10 heteroatoms. The van der Waals surface area contributed by atoms with E-state index in [4.69, 9.17) is 10.2 Å². The first-order valence-electron chi connectivity index (χ1n) is 7.42. The third-order valence-electron chi connectivity index (χ3n) is 3.58. The molecule has 0 unspecified atom stereocenters. The molecule has 27 heavy (non-hydrogen) atoms. The minimum Gasteiger partial charge on any atom is -0.508 e. The lowest BCUT2D eigenvalue weighted by Gasteiger charge is -2.22. The number of aromatic hydroxyl groups is 4. The molecule has 0 aliphatic heterocycles. The zero-order valence-corrected chi connectivity index (χ0v) is 13.7. The molecule has 2 rings (SSSR count). The number of carboxylic acids is 2. The van der Waals surface area contributed by atoms with Crippen LogP contribution in [0.3, 0.4) is 0 Å². The number of benzene rings is 2. The molecule has 2 aromatic carbocycles. The Bertz CT molecular complexity index is 923. The van der Waals surface area contributed by atoms with Crippen molar-refractivity contribution in [2.75, 3.05) is 11.4 Å². The van der Waals surface area contributed by atoms with Gasteiger partial charge in [-0.05, 0) is 24.3 Å². The predicted octanol–water partition coefficient (Wildman–Crippen LogP) is 0.867. The van der Waals surface area contributed by atoms with E-state index in [-0.39, 0.29) is 11.3 Å². The van der Waals surface area contributed by atoms with E-state index in [2.05, 4.69) is 0 Å². The van der Waals surface area contributed by atoms with Crippen molar-refractivity contribution < 1.29 is 45.0 Å². The van der Waals surface area contributed by atoms with Crippen LogP contribution in [0, 0.1) is 0 Å². The maximum Gasteiger partial charge on any atom is 0.323 e. The largest absolute Gasteiger partial charge is 0.508 e.